The predicted molar refractivity (Wildman–Crippen MR) is 75.5 cm³/mol. The molecule has 3 rings (SSSR count). The minimum Gasteiger partial charge on any atom is -0.386 e. The van der Waals surface area contributed by atoms with E-state index in [0.29, 0.717) is 11.1 Å². The normalized spacial score (nSPS) is 29.2. The van der Waals surface area contributed by atoms with E-state index < -0.39 is 6.10 Å². The zero-order valence-electron chi connectivity index (χ0n) is 11.2. The van der Waals surface area contributed by atoms with Crippen LogP contribution in [0.3, 0.4) is 0 Å². The molecule has 3 atom stereocenters. The first-order valence-electron chi connectivity index (χ1n) is 6.95. The van der Waals surface area contributed by atoms with E-state index >= 15 is 0 Å². The summed E-state index contributed by atoms with van der Waals surface area (Å²) in [4.78, 5) is 2.44. The number of rotatable bonds is 2. The molecular weight excluding hydrogens is 262 g/mol. The van der Waals surface area contributed by atoms with Gasteiger partial charge in [-0.1, -0.05) is 23.7 Å². The Hall–Kier alpha value is -0.610. The minimum absolute atomic E-state index is 0.145. The van der Waals surface area contributed by atoms with Gasteiger partial charge in [0.25, 0.3) is 0 Å². The molecule has 1 aromatic rings. The highest BCUT2D eigenvalue weighted by Crippen LogP contribution is 2.30. The van der Waals surface area contributed by atoms with Gasteiger partial charge in [0.2, 0.25) is 0 Å². The van der Waals surface area contributed by atoms with Crippen LogP contribution in [0.1, 0.15) is 30.1 Å². The fourth-order valence-corrected chi connectivity index (χ4v) is 3.23. The topological polar surface area (TPSA) is 32.7 Å². The largest absolute Gasteiger partial charge is 0.386 e. The summed E-state index contributed by atoms with van der Waals surface area (Å²) < 4.78 is 5.84. The summed E-state index contributed by atoms with van der Waals surface area (Å²) in [5, 5.41) is 11.2. The van der Waals surface area contributed by atoms with Crippen molar-refractivity contribution in [2.75, 3.05) is 19.7 Å². The lowest BCUT2D eigenvalue weighted by atomic mass is 10.0. The van der Waals surface area contributed by atoms with Crippen LogP contribution >= 0.6 is 11.6 Å². The average molecular weight is 282 g/mol. The number of morpholine rings is 1. The number of aliphatic hydroxyl groups excluding tert-OH is 1. The van der Waals surface area contributed by atoms with Crippen molar-refractivity contribution in [2.45, 2.75) is 38.0 Å². The average Bonchev–Trinajstić information content (AvgIpc) is 2.88. The number of fused-ring (bicyclic) bond motifs is 1. The zero-order valence-corrected chi connectivity index (χ0v) is 11.9. The molecule has 3 unspecified atom stereocenters. The molecule has 1 N–H and O–H groups in total. The molecular formula is C15H20ClNO2. The van der Waals surface area contributed by atoms with Gasteiger partial charge in [-0.05, 0) is 43.5 Å². The number of halogens is 1. The number of aryl methyl sites for hydroxylation is 1. The molecule has 104 valence electrons. The summed E-state index contributed by atoms with van der Waals surface area (Å²) in [6.07, 6.45) is 1.72. The molecule has 4 heteroatoms. The summed E-state index contributed by atoms with van der Waals surface area (Å²) in [6.45, 7) is 4.65. The van der Waals surface area contributed by atoms with Crippen molar-refractivity contribution in [2.24, 2.45) is 0 Å². The summed E-state index contributed by atoms with van der Waals surface area (Å²) in [7, 11) is 0. The van der Waals surface area contributed by atoms with E-state index in [9.17, 15) is 5.11 Å². The number of hydrogen-bond donors (Lipinski definition) is 1. The molecule has 2 aliphatic heterocycles. The van der Waals surface area contributed by atoms with Crippen LogP contribution in [0.5, 0.6) is 0 Å². The van der Waals surface area contributed by atoms with Crippen LogP contribution < -0.4 is 0 Å². The molecule has 2 aliphatic rings. The van der Waals surface area contributed by atoms with Crippen LogP contribution in [0, 0.1) is 6.92 Å². The van der Waals surface area contributed by atoms with Crippen LogP contribution in [-0.4, -0.2) is 41.8 Å². The zero-order chi connectivity index (χ0) is 13.4. The molecule has 2 fully saturated rings. The van der Waals surface area contributed by atoms with E-state index in [2.05, 4.69) is 4.90 Å². The van der Waals surface area contributed by atoms with Crippen molar-refractivity contribution in [1.82, 2.24) is 4.90 Å². The van der Waals surface area contributed by atoms with E-state index in [0.717, 1.165) is 30.8 Å². The Balaban J connectivity index is 1.72. The third-order valence-electron chi connectivity index (χ3n) is 4.31. The van der Waals surface area contributed by atoms with Gasteiger partial charge in [0.05, 0.1) is 6.61 Å². The second kappa shape index (κ2) is 5.41. The molecule has 2 heterocycles. The maximum absolute atomic E-state index is 10.5. The lowest BCUT2D eigenvalue weighted by Crippen LogP contribution is -2.48. The van der Waals surface area contributed by atoms with Crippen LogP contribution in [0.15, 0.2) is 18.2 Å². The van der Waals surface area contributed by atoms with Gasteiger partial charge in [-0.25, -0.2) is 0 Å². The Labute approximate surface area is 119 Å². The Kier molecular flexibility index (Phi) is 3.81. The van der Waals surface area contributed by atoms with Crippen molar-refractivity contribution in [3.63, 3.8) is 0 Å². The molecule has 1 aromatic carbocycles. The van der Waals surface area contributed by atoms with Crippen molar-refractivity contribution >= 4 is 11.6 Å². The summed E-state index contributed by atoms with van der Waals surface area (Å²) in [5.74, 6) is 0. The quantitative estimate of drug-likeness (QED) is 0.904. The SMILES string of the molecule is Cc1ccc(C(O)C2CN3CCCC3CO2)cc1Cl. The van der Waals surface area contributed by atoms with Crippen LogP contribution in [-0.2, 0) is 4.74 Å². The van der Waals surface area contributed by atoms with E-state index in [1.807, 2.05) is 25.1 Å². The van der Waals surface area contributed by atoms with Crippen molar-refractivity contribution in [1.29, 1.82) is 0 Å². The number of hydrogen-bond acceptors (Lipinski definition) is 3. The van der Waals surface area contributed by atoms with E-state index in [1.54, 1.807) is 0 Å². The Morgan fingerprint density at radius 1 is 1.47 bits per heavy atom. The molecule has 0 bridgehead atoms. The van der Waals surface area contributed by atoms with Gasteiger partial charge in [-0.3, -0.25) is 4.90 Å². The first-order valence-corrected chi connectivity index (χ1v) is 7.32. The molecule has 3 nitrogen and oxygen atoms in total. The third-order valence-corrected chi connectivity index (χ3v) is 4.71. The molecule has 0 aliphatic carbocycles. The lowest BCUT2D eigenvalue weighted by molar-refractivity contribution is -0.103. The van der Waals surface area contributed by atoms with E-state index in [-0.39, 0.29) is 6.10 Å². The van der Waals surface area contributed by atoms with E-state index in [1.165, 1.54) is 12.8 Å². The highest BCUT2D eigenvalue weighted by Gasteiger charge is 2.35. The monoisotopic (exact) mass is 281 g/mol. The predicted octanol–water partition coefficient (Wildman–Crippen LogP) is 2.55. The Bertz CT molecular complexity index is 465. The molecule has 19 heavy (non-hydrogen) atoms. The number of nitrogens with zero attached hydrogens (tertiary/aromatic N) is 1. The Morgan fingerprint density at radius 2 is 2.32 bits per heavy atom. The fourth-order valence-electron chi connectivity index (χ4n) is 3.04. The maximum Gasteiger partial charge on any atom is 0.106 e. The summed E-state index contributed by atoms with van der Waals surface area (Å²) in [5.41, 5.74) is 1.88. The molecule has 0 spiro atoms. The van der Waals surface area contributed by atoms with Crippen LogP contribution in [0.2, 0.25) is 5.02 Å². The molecule has 0 radical (unpaired) electrons. The van der Waals surface area contributed by atoms with Crippen molar-refractivity contribution in [3.05, 3.63) is 34.3 Å². The molecule has 0 aromatic heterocycles. The lowest BCUT2D eigenvalue weighted by Gasteiger charge is -2.37. The third kappa shape index (κ3) is 2.65. The van der Waals surface area contributed by atoms with Gasteiger partial charge in [0.1, 0.15) is 12.2 Å². The van der Waals surface area contributed by atoms with Gasteiger partial charge >= 0.3 is 0 Å². The van der Waals surface area contributed by atoms with Gasteiger partial charge in [-0.2, -0.15) is 0 Å². The van der Waals surface area contributed by atoms with Gasteiger partial charge in [0, 0.05) is 17.6 Å². The summed E-state index contributed by atoms with van der Waals surface area (Å²) >= 11 is 6.12. The second-order valence-electron chi connectivity index (χ2n) is 5.62. The maximum atomic E-state index is 10.5. The standard InChI is InChI=1S/C15H20ClNO2/c1-10-4-5-11(7-13(10)16)15(18)14-8-17-6-2-3-12(17)9-19-14/h4-5,7,12,14-15,18H,2-3,6,8-9H2,1H3. The van der Waals surface area contributed by atoms with Crippen molar-refractivity contribution in [3.8, 4) is 0 Å². The minimum atomic E-state index is -0.598. The molecule has 0 saturated carbocycles. The highest BCUT2D eigenvalue weighted by molar-refractivity contribution is 6.31. The molecule has 2 saturated heterocycles. The first kappa shape index (κ1) is 13.4. The first-order chi connectivity index (χ1) is 9.15. The highest BCUT2D eigenvalue weighted by atomic mass is 35.5. The second-order valence-corrected chi connectivity index (χ2v) is 6.02. The van der Waals surface area contributed by atoms with Crippen molar-refractivity contribution < 1.29 is 9.84 Å². The number of aliphatic hydroxyl groups is 1. The smallest absolute Gasteiger partial charge is 0.106 e. The number of ether oxygens (including phenoxy) is 1. The van der Waals surface area contributed by atoms with Crippen LogP contribution in [0.25, 0.3) is 0 Å². The Morgan fingerprint density at radius 3 is 3.11 bits per heavy atom. The van der Waals surface area contributed by atoms with Gasteiger partial charge < -0.3 is 9.84 Å². The molecule has 0 amide bonds. The van der Waals surface area contributed by atoms with Crippen LogP contribution in [0.4, 0.5) is 0 Å². The van der Waals surface area contributed by atoms with Gasteiger partial charge in [-0.15, -0.1) is 0 Å². The van der Waals surface area contributed by atoms with E-state index in [4.69, 9.17) is 16.3 Å². The fraction of sp³-hybridized carbons (Fsp3) is 0.600. The van der Waals surface area contributed by atoms with Gasteiger partial charge in [0.15, 0.2) is 0 Å². The summed E-state index contributed by atoms with van der Waals surface area (Å²) in [6, 6.07) is 6.29. The number of benzene rings is 1.